The smallest absolute Gasteiger partial charge is 0.414 e. The lowest BCUT2D eigenvalue weighted by Crippen LogP contribution is -2.27. The van der Waals surface area contributed by atoms with Gasteiger partial charge < -0.3 is 9.15 Å². The molecule has 1 amide bonds. The average molecular weight is 224 g/mol. The number of nitrogens with one attached hydrogen (secondary N) is 1. The molecule has 88 valence electrons. The summed E-state index contributed by atoms with van der Waals surface area (Å²) in [6.07, 6.45) is 3.05. The summed E-state index contributed by atoms with van der Waals surface area (Å²) in [5.41, 5.74) is 0.315. The van der Waals surface area contributed by atoms with Gasteiger partial charge in [0.2, 0.25) is 5.88 Å². The van der Waals surface area contributed by atoms with Crippen LogP contribution in [0.1, 0.15) is 45.2 Å². The fourth-order valence-electron chi connectivity index (χ4n) is 1.39. The highest BCUT2D eigenvalue weighted by atomic mass is 16.6. The van der Waals surface area contributed by atoms with Crippen LogP contribution in [0, 0.1) is 0 Å². The highest BCUT2D eigenvalue weighted by Crippen LogP contribution is 2.42. The van der Waals surface area contributed by atoms with Crippen molar-refractivity contribution >= 4 is 12.0 Å². The maximum Gasteiger partial charge on any atom is 0.414 e. The predicted octanol–water partition coefficient (Wildman–Crippen LogP) is 2.90. The molecule has 0 radical (unpaired) electrons. The van der Waals surface area contributed by atoms with Crippen LogP contribution < -0.4 is 5.32 Å². The number of ether oxygens (including phenoxy) is 1. The van der Waals surface area contributed by atoms with Gasteiger partial charge >= 0.3 is 6.09 Å². The number of anilines is 1. The van der Waals surface area contributed by atoms with E-state index in [4.69, 9.17) is 9.15 Å². The number of hydrogen-bond donors (Lipinski definition) is 1. The Morgan fingerprint density at radius 3 is 2.81 bits per heavy atom. The van der Waals surface area contributed by atoms with Crippen LogP contribution in [0.5, 0.6) is 0 Å². The molecule has 0 aromatic carbocycles. The van der Waals surface area contributed by atoms with E-state index >= 15 is 0 Å². The summed E-state index contributed by atoms with van der Waals surface area (Å²) in [6.45, 7) is 5.44. The van der Waals surface area contributed by atoms with Crippen molar-refractivity contribution in [3.05, 3.63) is 12.1 Å². The molecule has 0 spiro atoms. The van der Waals surface area contributed by atoms with Crippen LogP contribution in [0.3, 0.4) is 0 Å². The van der Waals surface area contributed by atoms with E-state index in [-0.39, 0.29) is 0 Å². The summed E-state index contributed by atoms with van der Waals surface area (Å²) in [6, 6.07) is 0. The molecular weight excluding hydrogens is 208 g/mol. The number of aromatic nitrogens is 1. The fraction of sp³-hybridized carbons (Fsp3) is 0.636. The molecule has 0 unspecified atom stereocenters. The zero-order chi connectivity index (χ0) is 11.8. The van der Waals surface area contributed by atoms with Crippen molar-refractivity contribution in [3.8, 4) is 0 Å². The minimum absolute atomic E-state index is 0.414. The van der Waals surface area contributed by atoms with Gasteiger partial charge in [-0.2, -0.15) is 0 Å². The summed E-state index contributed by atoms with van der Waals surface area (Å²) in [7, 11) is 0. The topological polar surface area (TPSA) is 64.4 Å². The molecular formula is C11H16N2O3. The van der Waals surface area contributed by atoms with E-state index in [9.17, 15) is 4.79 Å². The summed E-state index contributed by atoms with van der Waals surface area (Å²) in [5.74, 6) is 0.848. The van der Waals surface area contributed by atoms with Crippen molar-refractivity contribution in [2.24, 2.45) is 0 Å². The number of amides is 1. The molecule has 5 nitrogen and oxygen atoms in total. The van der Waals surface area contributed by atoms with Crippen LogP contribution in [0.15, 0.2) is 10.8 Å². The first-order valence-electron chi connectivity index (χ1n) is 5.39. The van der Waals surface area contributed by atoms with Crippen molar-refractivity contribution in [1.29, 1.82) is 0 Å². The number of nitrogens with zero attached hydrogens (tertiary/aromatic N) is 1. The molecule has 1 aliphatic rings. The second-order valence-corrected chi connectivity index (χ2v) is 4.97. The van der Waals surface area contributed by atoms with Crippen LogP contribution in [-0.2, 0) is 4.74 Å². The molecule has 0 aliphatic heterocycles. The van der Waals surface area contributed by atoms with Gasteiger partial charge in [-0.05, 0) is 33.6 Å². The van der Waals surface area contributed by atoms with E-state index in [1.165, 1.54) is 6.39 Å². The highest BCUT2D eigenvalue weighted by Gasteiger charge is 2.30. The molecule has 1 saturated carbocycles. The highest BCUT2D eigenvalue weighted by molar-refractivity contribution is 5.83. The monoisotopic (exact) mass is 224 g/mol. The first-order chi connectivity index (χ1) is 7.46. The summed E-state index contributed by atoms with van der Waals surface area (Å²) < 4.78 is 10.3. The number of carbonyl (C=O) groups excluding carboxylic acids is 1. The second-order valence-electron chi connectivity index (χ2n) is 4.97. The van der Waals surface area contributed by atoms with Gasteiger partial charge in [0.05, 0.1) is 0 Å². The van der Waals surface area contributed by atoms with Gasteiger partial charge in [0, 0.05) is 5.92 Å². The molecule has 1 aromatic heterocycles. The summed E-state index contributed by atoms with van der Waals surface area (Å²) in [5, 5.41) is 2.58. The lowest BCUT2D eigenvalue weighted by atomic mass is 10.2. The SMILES string of the molecule is CC(C)(C)OC(=O)Nc1ocnc1C1CC1. The molecule has 1 heterocycles. The number of rotatable bonds is 2. The van der Waals surface area contributed by atoms with Gasteiger partial charge in [0.25, 0.3) is 0 Å². The van der Waals surface area contributed by atoms with Gasteiger partial charge in [-0.25, -0.2) is 9.78 Å². The van der Waals surface area contributed by atoms with Gasteiger partial charge in [0.15, 0.2) is 6.39 Å². The first kappa shape index (κ1) is 11.0. The van der Waals surface area contributed by atoms with Gasteiger partial charge in [-0.3, -0.25) is 5.32 Å². The largest absolute Gasteiger partial charge is 0.444 e. The van der Waals surface area contributed by atoms with E-state index in [1.807, 2.05) is 20.8 Å². The van der Waals surface area contributed by atoms with Gasteiger partial charge in [0.1, 0.15) is 11.3 Å². The third-order valence-electron chi connectivity index (χ3n) is 2.17. The van der Waals surface area contributed by atoms with E-state index in [2.05, 4.69) is 10.3 Å². The molecule has 1 fully saturated rings. The summed E-state index contributed by atoms with van der Waals surface area (Å²) >= 11 is 0. The first-order valence-corrected chi connectivity index (χ1v) is 5.39. The Kier molecular flexibility index (Phi) is 2.61. The number of oxazole rings is 1. The van der Waals surface area contributed by atoms with Crippen LogP contribution >= 0.6 is 0 Å². The second kappa shape index (κ2) is 3.81. The quantitative estimate of drug-likeness (QED) is 0.838. The number of hydrogen-bond acceptors (Lipinski definition) is 4. The maximum atomic E-state index is 11.5. The summed E-state index contributed by atoms with van der Waals surface area (Å²) in [4.78, 5) is 15.6. The Morgan fingerprint density at radius 2 is 2.25 bits per heavy atom. The Bertz CT molecular complexity index is 388. The molecule has 1 N–H and O–H groups in total. The van der Waals surface area contributed by atoms with E-state index in [0.29, 0.717) is 11.8 Å². The molecule has 0 bridgehead atoms. The number of carbonyl (C=O) groups is 1. The minimum Gasteiger partial charge on any atom is -0.444 e. The van der Waals surface area contributed by atoms with Crippen molar-refractivity contribution < 1.29 is 13.9 Å². The third-order valence-corrected chi connectivity index (χ3v) is 2.17. The Labute approximate surface area is 94.2 Å². The normalized spacial score (nSPS) is 15.9. The van der Waals surface area contributed by atoms with Crippen LogP contribution in [0.2, 0.25) is 0 Å². The average Bonchev–Trinajstić information content (AvgIpc) is 2.85. The van der Waals surface area contributed by atoms with E-state index in [1.54, 1.807) is 0 Å². The van der Waals surface area contributed by atoms with Crippen molar-refractivity contribution in [3.63, 3.8) is 0 Å². The molecule has 1 aromatic rings. The van der Waals surface area contributed by atoms with Crippen molar-refractivity contribution in [1.82, 2.24) is 4.98 Å². The lowest BCUT2D eigenvalue weighted by Gasteiger charge is -2.19. The van der Waals surface area contributed by atoms with Crippen molar-refractivity contribution in [2.45, 2.75) is 45.1 Å². The Balaban J connectivity index is 1.98. The zero-order valence-electron chi connectivity index (χ0n) is 9.74. The van der Waals surface area contributed by atoms with Crippen LogP contribution in [0.4, 0.5) is 10.7 Å². The molecule has 2 rings (SSSR count). The van der Waals surface area contributed by atoms with Crippen LogP contribution in [0.25, 0.3) is 0 Å². The molecule has 0 atom stereocenters. The van der Waals surface area contributed by atoms with Gasteiger partial charge in [-0.15, -0.1) is 0 Å². The maximum absolute atomic E-state index is 11.5. The molecule has 5 heteroatoms. The standard InChI is InChI=1S/C11H16N2O3/c1-11(2,3)16-10(14)13-9-8(7-4-5-7)12-6-15-9/h6-7H,4-5H2,1-3H3,(H,13,14). The van der Waals surface area contributed by atoms with E-state index in [0.717, 1.165) is 18.5 Å². The third kappa shape index (κ3) is 2.74. The molecule has 16 heavy (non-hydrogen) atoms. The van der Waals surface area contributed by atoms with Gasteiger partial charge in [-0.1, -0.05) is 0 Å². The zero-order valence-corrected chi connectivity index (χ0v) is 9.74. The lowest BCUT2D eigenvalue weighted by molar-refractivity contribution is 0.0632. The Morgan fingerprint density at radius 1 is 1.56 bits per heavy atom. The predicted molar refractivity (Wildman–Crippen MR) is 58.3 cm³/mol. The molecule has 1 aliphatic carbocycles. The van der Waals surface area contributed by atoms with Crippen LogP contribution in [-0.4, -0.2) is 16.7 Å². The Hall–Kier alpha value is -1.52. The minimum atomic E-state index is -0.510. The fourth-order valence-corrected chi connectivity index (χ4v) is 1.39. The van der Waals surface area contributed by atoms with E-state index < -0.39 is 11.7 Å². The molecule has 0 saturated heterocycles. The van der Waals surface area contributed by atoms with Crippen molar-refractivity contribution in [2.75, 3.05) is 5.32 Å².